The Morgan fingerprint density at radius 2 is 1.81 bits per heavy atom. The van der Waals surface area contributed by atoms with Crippen LogP contribution in [0.2, 0.25) is 0 Å². The van der Waals surface area contributed by atoms with Gasteiger partial charge in [-0.05, 0) is 37.6 Å². The fraction of sp³-hybridized carbons (Fsp3) is 0.462. The summed E-state index contributed by atoms with van der Waals surface area (Å²) >= 11 is 0. The van der Waals surface area contributed by atoms with Crippen molar-refractivity contribution in [2.45, 2.75) is 13.3 Å². The molecule has 0 saturated heterocycles. The van der Waals surface area contributed by atoms with Crippen LogP contribution in [0.5, 0.6) is 0 Å². The lowest BCUT2D eigenvalue weighted by molar-refractivity contribution is 0.145. The van der Waals surface area contributed by atoms with E-state index in [0.29, 0.717) is 31.1 Å². The minimum absolute atomic E-state index is 0.310. The van der Waals surface area contributed by atoms with Gasteiger partial charge in [0.25, 0.3) is 0 Å². The number of hydrogen-bond acceptors (Lipinski definition) is 4. The second-order valence-corrected chi connectivity index (χ2v) is 6.13. The van der Waals surface area contributed by atoms with E-state index < -0.39 is 10.0 Å². The monoisotopic (exact) mass is 315 g/mol. The Labute approximate surface area is 125 Å². The van der Waals surface area contributed by atoms with Gasteiger partial charge in [0, 0.05) is 31.1 Å². The molecule has 21 heavy (non-hydrogen) atoms. The summed E-state index contributed by atoms with van der Waals surface area (Å²) in [6.07, 6.45) is 1.83. The number of urea groups is 1. The van der Waals surface area contributed by atoms with Crippen molar-refractivity contribution in [3.63, 3.8) is 0 Å². The molecule has 3 N–H and O–H groups in total. The summed E-state index contributed by atoms with van der Waals surface area (Å²) in [6, 6.07) is 6.08. The van der Waals surface area contributed by atoms with Crippen LogP contribution in [0.1, 0.15) is 13.3 Å². The van der Waals surface area contributed by atoms with Crippen LogP contribution in [0, 0.1) is 0 Å². The van der Waals surface area contributed by atoms with Crippen LogP contribution < -0.4 is 15.4 Å². The van der Waals surface area contributed by atoms with Crippen LogP contribution in [-0.4, -0.2) is 40.5 Å². The summed E-state index contributed by atoms with van der Waals surface area (Å²) in [7, 11) is -3.29. The molecule has 0 saturated carbocycles. The molecule has 0 bridgehead atoms. The summed E-state index contributed by atoms with van der Waals surface area (Å²) < 4.78 is 29.6. The minimum Gasteiger partial charge on any atom is -0.382 e. The number of anilines is 2. The first-order valence-electron chi connectivity index (χ1n) is 6.61. The summed E-state index contributed by atoms with van der Waals surface area (Å²) in [5.74, 6) is 0. The van der Waals surface area contributed by atoms with E-state index in [9.17, 15) is 13.2 Å². The average molecular weight is 315 g/mol. The van der Waals surface area contributed by atoms with Crippen LogP contribution in [0.4, 0.5) is 16.2 Å². The number of hydrogen-bond donors (Lipinski definition) is 3. The van der Waals surface area contributed by atoms with Gasteiger partial charge in [-0.2, -0.15) is 0 Å². The van der Waals surface area contributed by atoms with Crippen LogP contribution in [0.15, 0.2) is 24.3 Å². The number of benzene rings is 1. The normalized spacial score (nSPS) is 11.0. The Balaban J connectivity index is 2.36. The topological polar surface area (TPSA) is 96.5 Å². The highest BCUT2D eigenvalue weighted by atomic mass is 32.2. The van der Waals surface area contributed by atoms with Gasteiger partial charge in [-0.15, -0.1) is 0 Å². The Morgan fingerprint density at radius 3 is 2.38 bits per heavy atom. The molecule has 118 valence electrons. The highest BCUT2D eigenvalue weighted by Gasteiger charge is 2.03. The number of carbonyl (C=O) groups excluding carboxylic acids is 1. The number of carbonyl (C=O) groups is 1. The van der Waals surface area contributed by atoms with Crippen LogP contribution in [-0.2, 0) is 14.8 Å². The number of rotatable bonds is 8. The summed E-state index contributed by atoms with van der Waals surface area (Å²) in [5.41, 5.74) is 1.02. The number of amides is 2. The largest absolute Gasteiger partial charge is 0.382 e. The quantitative estimate of drug-likeness (QED) is 0.635. The fourth-order valence-electron chi connectivity index (χ4n) is 1.53. The maximum Gasteiger partial charge on any atom is 0.319 e. The number of ether oxygens (including phenoxy) is 1. The molecule has 0 aliphatic heterocycles. The third-order valence-corrected chi connectivity index (χ3v) is 3.01. The molecule has 0 radical (unpaired) electrons. The van der Waals surface area contributed by atoms with Crippen LogP contribution in [0.25, 0.3) is 0 Å². The number of sulfonamides is 1. The second-order valence-electron chi connectivity index (χ2n) is 4.38. The highest BCUT2D eigenvalue weighted by molar-refractivity contribution is 7.92. The first-order valence-corrected chi connectivity index (χ1v) is 8.50. The van der Waals surface area contributed by atoms with E-state index in [-0.39, 0.29) is 6.03 Å². The van der Waals surface area contributed by atoms with Crippen molar-refractivity contribution in [3.05, 3.63) is 24.3 Å². The molecule has 0 aromatic heterocycles. The molecule has 0 fully saturated rings. The molecule has 1 aromatic rings. The van der Waals surface area contributed by atoms with E-state index >= 15 is 0 Å². The van der Waals surface area contributed by atoms with Crippen molar-refractivity contribution >= 4 is 27.4 Å². The first kappa shape index (κ1) is 17.3. The Bertz CT molecular complexity index is 543. The molecular weight excluding hydrogens is 294 g/mol. The first-order chi connectivity index (χ1) is 9.90. The van der Waals surface area contributed by atoms with Gasteiger partial charge in [0.15, 0.2) is 0 Å². The molecule has 0 unspecified atom stereocenters. The van der Waals surface area contributed by atoms with E-state index in [0.717, 1.165) is 12.7 Å². The standard InChI is InChI=1S/C13H21N3O4S/c1-3-20-10-4-9-14-13(17)15-11-5-7-12(8-6-11)16-21(2,18)19/h5-8,16H,3-4,9-10H2,1-2H3,(H2,14,15,17). The van der Waals surface area contributed by atoms with Crippen molar-refractivity contribution < 1.29 is 17.9 Å². The van der Waals surface area contributed by atoms with E-state index in [1.807, 2.05) is 6.92 Å². The molecule has 0 aliphatic rings. The molecule has 8 heteroatoms. The van der Waals surface area contributed by atoms with Crippen molar-refractivity contribution in [1.82, 2.24) is 5.32 Å². The Kier molecular flexibility index (Phi) is 6.97. The van der Waals surface area contributed by atoms with Crippen molar-refractivity contribution in [2.24, 2.45) is 0 Å². The van der Waals surface area contributed by atoms with Gasteiger partial charge in [-0.1, -0.05) is 0 Å². The number of nitrogens with one attached hydrogen (secondary N) is 3. The maximum absolute atomic E-state index is 11.6. The third kappa shape index (κ3) is 8.16. The Morgan fingerprint density at radius 1 is 1.19 bits per heavy atom. The van der Waals surface area contributed by atoms with E-state index in [1.165, 1.54) is 0 Å². The lowest BCUT2D eigenvalue weighted by Crippen LogP contribution is -2.30. The average Bonchev–Trinajstić information content (AvgIpc) is 2.39. The highest BCUT2D eigenvalue weighted by Crippen LogP contribution is 2.14. The van der Waals surface area contributed by atoms with E-state index in [4.69, 9.17) is 4.74 Å². The lowest BCUT2D eigenvalue weighted by Gasteiger charge is -2.09. The van der Waals surface area contributed by atoms with E-state index in [1.54, 1.807) is 24.3 Å². The van der Waals surface area contributed by atoms with Gasteiger partial charge in [0.1, 0.15) is 0 Å². The fourth-order valence-corrected chi connectivity index (χ4v) is 2.10. The molecule has 7 nitrogen and oxygen atoms in total. The van der Waals surface area contributed by atoms with Crippen LogP contribution >= 0.6 is 0 Å². The van der Waals surface area contributed by atoms with Gasteiger partial charge in [-0.25, -0.2) is 13.2 Å². The van der Waals surface area contributed by atoms with Crippen LogP contribution in [0.3, 0.4) is 0 Å². The second kappa shape index (κ2) is 8.48. The zero-order valence-electron chi connectivity index (χ0n) is 12.2. The van der Waals surface area contributed by atoms with Gasteiger partial charge >= 0.3 is 6.03 Å². The summed E-state index contributed by atoms with van der Waals surface area (Å²) in [5, 5.41) is 5.36. The lowest BCUT2D eigenvalue weighted by atomic mass is 10.3. The zero-order valence-corrected chi connectivity index (χ0v) is 13.0. The van der Waals surface area contributed by atoms with Gasteiger partial charge in [0.2, 0.25) is 10.0 Å². The molecule has 0 aliphatic carbocycles. The smallest absolute Gasteiger partial charge is 0.319 e. The molecule has 1 rings (SSSR count). The Hall–Kier alpha value is -1.80. The molecule has 2 amide bonds. The molecule has 1 aromatic carbocycles. The van der Waals surface area contributed by atoms with Gasteiger partial charge in [-0.3, -0.25) is 4.72 Å². The zero-order chi connectivity index (χ0) is 15.7. The molecule has 0 heterocycles. The van der Waals surface area contributed by atoms with Crippen molar-refractivity contribution in [3.8, 4) is 0 Å². The minimum atomic E-state index is -3.29. The van der Waals surface area contributed by atoms with Gasteiger partial charge < -0.3 is 15.4 Å². The summed E-state index contributed by atoms with van der Waals surface area (Å²) in [6.45, 7) is 3.73. The maximum atomic E-state index is 11.6. The third-order valence-electron chi connectivity index (χ3n) is 2.40. The molecule has 0 spiro atoms. The summed E-state index contributed by atoms with van der Waals surface area (Å²) in [4.78, 5) is 11.6. The van der Waals surface area contributed by atoms with Crippen molar-refractivity contribution in [2.75, 3.05) is 36.1 Å². The predicted octanol–water partition coefficient (Wildman–Crippen LogP) is 1.61. The molecular formula is C13H21N3O4S. The van der Waals surface area contributed by atoms with Crippen molar-refractivity contribution in [1.29, 1.82) is 0 Å². The molecule has 0 atom stereocenters. The van der Waals surface area contributed by atoms with Gasteiger partial charge in [0.05, 0.1) is 6.26 Å². The predicted molar refractivity (Wildman–Crippen MR) is 83.0 cm³/mol. The van der Waals surface area contributed by atoms with E-state index in [2.05, 4.69) is 15.4 Å². The SMILES string of the molecule is CCOCCCNC(=O)Nc1ccc(NS(C)(=O)=O)cc1.